The molecular weight excluding hydrogens is 364 g/mol. The van der Waals surface area contributed by atoms with Gasteiger partial charge in [0, 0.05) is 33.0 Å². The first kappa shape index (κ1) is 20.2. The molecular formula is C19H26N4O5. The highest BCUT2D eigenvalue weighted by Gasteiger charge is 2.25. The van der Waals surface area contributed by atoms with Crippen LogP contribution in [0, 0.1) is 6.92 Å². The zero-order valence-corrected chi connectivity index (χ0v) is 16.5. The summed E-state index contributed by atoms with van der Waals surface area (Å²) in [6, 6.07) is 1.80. The van der Waals surface area contributed by atoms with Gasteiger partial charge < -0.3 is 23.9 Å². The highest BCUT2D eigenvalue weighted by atomic mass is 16.5. The van der Waals surface area contributed by atoms with E-state index in [1.807, 2.05) is 0 Å². The smallest absolute Gasteiger partial charge is 0.349 e. The van der Waals surface area contributed by atoms with Crippen molar-refractivity contribution in [3.8, 4) is 0 Å². The molecule has 0 aromatic carbocycles. The van der Waals surface area contributed by atoms with Crippen molar-refractivity contribution in [1.29, 1.82) is 0 Å². The number of hydrogen-bond acceptors (Lipinski definition) is 8. The number of hydrogen-bond donors (Lipinski definition) is 1. The Morgan fingerprint density at radius 2 is 2.29 bits per heavy atom. The number of amides is 1. The molecule has 0 spiro atoms. The minimum atomic E-state index is -0.608. The van der Waals surface area contributed by atoms with Gasteiger partial charge in [0.05, 0.1) is 13.2 Å². The Morgan fingerprint density at radius 1 is 1.46 bits per heavy atom. The van der Waals surface area contributed by atoms with Crippen molar-refractivity contribution in [1.82, 2.24) is 20.4 Å². The maximum Gasteiger partial charge on any atom is 0.349 e. The topological polar surface area (TPSA) is 111 Å². The molecule has 2 aromatic rings. The number of rotatable bonds is 7. The van der Waals surface area contributed by atoms with Crippen LogP contribution in [-0.2, 0) is 17.7 Å². The van der Waals surface area contributed by atoms with E-state index in [0.29, 0.717) is 36.1 Å². The van der Waals surface area contributed by atoms with Crippen LogP contribution in [0.2, 0.25) is 0 Å². The molecule has 28 heavy (non-hydrogen) atoms. The average Bonchev–Trinajstić information content (AvgIpc) is 3.13. The van der Waals surface area contributed by atoms with Crippen LogP contribution in [0.3, 0.4) is 0 Å². The molecule has 9 heteroatoms. The third-order valence-electron chi connectivity index (χ3n) is 4.84. The lowest BCUT2D eigenvalue weighted by molar-refractivity contribution is 0.0763. The third-order valence-corrected chi connectivity index (χ3v) is 4.84. The van der Waals surface area contributed by atoms with Crippen molar-refractivity contribution in [2.75, 3.05) is 33.9 Å². The molecule has 1 saturated heterocycles. The third kappa shape index (κ3) is 4.66. The molecule has 3 rings (SSSR count). The fraction of sp³-hybridized carbons (Fsp3) is 0.579. The predicted molar refractivity (Wildman–Crippen MR) is 100 cm³/mol. The molecule has 1 fully saturated rings. The first-order valence-corrected chi connectivity index (χ1v) is 9.40. The van der Waals surface area contributed by atoms with E-state index < -0.39 is 11.5 Å². The average molecular weight is 390 g/mol. The van der Waals surface area contributed by atoms with Gasteiger partial charge in [-0.25, -0.2) is 4.79 Å². The van der Waals surface area contributed by atoms with Gasteiger partial charge in [0.25, 0.3) is 5.91 Å². The molecule has 3 heterocycles. The number of carbonyl (C=O) groups is 1. The lowest BCUT2D eigenvalue weighted by atomic mass is 9.95. The molecule has 1 atom stereocenters. The van der Waals surface area contributed by atoms with Gasteiger partial charge in [-0.3, -0.25) is 4.79 Å². The van der Waals surface area contributed by atoms with Crippen LogP contribution >= 0.6 is 0 Å². The number of piperidine rings is 1. The van der Waals surface area contributed by atoms with Crippen molar-refractivity contribution in [2.45, 2.75) is 38.6 Å². The summed E-state index contributed by atoms with van der Waals surface area (Å²) in [5, 5.41) is 7.15. The van der Waals surface area contributed by atoms with Crippen LogP contribution in [0.1, 0.15) is 52.2 Å². The van der Waals surface area contributed by atoms with E-state index in [4.69, 9.17) is 13.7 Å². The molecule has 0 saturated carbocycles. The fourth-order valence-corrected chi connectivity index (χ4v) is 3.30. The van der Waals surface area contributed by atoms with E-state index in [9.17, 15) is 9.59 Å². The van der Waals surface area contributed by atoms with E-state index in [1.165, 1.54) is 4.90 Å². The fourth-order valence-electron chi connectivity index (χ4n) is 3.30. The predicted octanol–water partition coefficient (Wildman–Crippen LogP) is 1.26. The normalized spacial score (nSPS) is 16.9. The largest absolute Gasteiger partial charge is 0.427 e. The van der Waals surface area contributed by atoms with Gasteiger partial charge in [0.1, 0.15) is 11.3 Å². The zero-order valence-electron chi connectivity index (χ0n) is 16.5. The van der Waals surface area contributed by atoms with Gasteiger partial charge in [-0.15, -0.1) is 0 Å². The van der Waals surface area contributed by atoms with Crippen molar-refractivity contribution >= 4 is 5.91 Å². The molecule has 1 unspecified atom stereocenters. The van der Waals surface area contributed by atoms with E-state index in [2.05, 4.69) is 15.5 Å². The number of aromatic nitrogens is 2. The second-order valence-electron chi connectivity index (χ2n) is 7.05. The van der Waals surface area contributed by atoms with E-state index in [-0.39, 0.29) is 18.0 Å². The summed E-state index contributed by atoms with van der Waals surface area (Å²) < 4.78 is 15.6. The van der Waals surface area contributed by atoms with Gasteiger partial charge in [0.15, 0.2) is 5.82 Å². The maximum absolute atomic E-state index is 12.8. The number of methoxy groups -OCH3 is 1. The Balaban J connectivity index is 1.72. The van der Waals surface area contributed by atoms with Crippen molar-refractivity contribution in [3.63, 3.8) is 0 Å². The first-order chi connectivity index (χ1) is 13.5. The Hall–Kier alpha value is -2.52. The molecule has 0 radical (unpaired) electrons. The SMILES string of the molecule is COCCc1noc(CN(C)C(=O)c2c(C)cc(C3CCCNC3)oc2=O)n1. The molecule has 2 aromatic heterocycles. The van der Waals surface area contributed by atoms with Crippen LogP contribution < -0.4 is 10.9 Å². The summed E-state index contributed by atoms with van der Waals surface area (Å²) in [4.78, 5) is 30.9. The minimum absolute atomic E-state index is 0.0362. The van der Waals surface area contributed by atoms with Crippen LogP contribution in [0.5, 0.6) is 0 Å². The Morgan fingerprint density at radius 3 is 2.96 bits per heavy atom. The number of nitrogens with one attached hydrogen (secondary N) is 1. The van der Waals surface area contributed by atoms with Crippen LogP contribution in [0.25, 0.3) is 0 Å². The standard InChI is InChI=1S/C19H26N4O5/c1-12-9-14(13-5-4-7-20-10-13)27-19(25)17(12)18(24)23(2)11-16-21-15(22-28-16)6-8-26-3/h9,13,20H,4-8,10-11H2,1-3H3. The molecule has 9 nitrogen and oxygen atoms in total. The highest BCUT2D eigenvalue weighted by Crippen LogP contribution is 2.24. The molecule has 0 aliphatic carbocycles. The van der Waals surface area contributed by atoms with Gasteiger partial charge in [-0.1, -0.05) is 5.16 Å². The Labute approximate surface area is 163 Å². The van der Waals surface area contributed by atoms with E-state index >= 15 is 0 Å². The zero-order chi connectivity index (χ0) is 20.1. The van der Waals surface area contributed by atoms with Crippen LogP contribution in [0.4, 0.5) is 0 Å². The minimum Gasteiger partial charge on any atom is -0.427 e. The van der Waals surface area contributed by atoms with Crippen LogP contribution in [-0.4, -0.2) is 54.8 Å². The number of ether oxygens (including phenoxy) is 1. The summed E-state index contributed by atoms with van der Waals surface area (Å²) in [6.45, 7) is 4.10. The Bertz CT molecular complexity index is 869. The summed E-state index contributed by atoms with van der Waals surface area (Å²) in [5.41, 5.74) is 0.0397. The quantitative estimate of drug-likeness (QED) is 0.752. The molecule has 152 valence electrons. The lowest BCUT2D eigenvalue weighted by Gasteiger charge is -2.22. The van der Waals surface area contributed by atoms with Crippen molar-refractivity contribution in [2.24, 2.45) is 0 Å². The monoisotopic (exact) mass is 390 g/mol. The van der Waals surface area contributed by atoms with Gasteiger partial charge >= 0.3 is 5.63 Å². The summed E-state index contributed by atoms with van der Waals surface area (Å²) in [5.74, 6) is 1.17. The molecule has 1 aliphatic heterocycles. The van der Waals surface area contributed by atoms with E-state index in [0.717, 1.165) is 25.9 Å². The van der Waals surface area contributed by atoms with Gasteiger partial charge in [0.2, 0.25) is 5.89 Å². The van der Waals surface area contributed by atoms with Gasteiger partial charge in [-0.05, 0) is 37.9 Å². The summed E-state index contributed by atoms with van der Waals surface area (Å²) >= 11 is 0. The summed E-state index contributed by atoms with van der Waals surface area (Å²) in [6.07, 6.45) is 2.52. The van der Waals surface area contributed by atoms with E-state index in [1.54, 1.807) is 27.1 Å². The second-order valence-corrected chi connectivity index (χ2v) is 7.05. The van der Waals surface area contributed by atoms with Crippen molar-refractivity contribution < 1.29 is 18.5 Å². The molecule has 0 bridgehead atoms. The maximum atomic E-state index is 12.8. The number of nitrogens with zero attached hydrogens (tertiary/aromatic N) is 3. The lowest BCUT2D eigenvalue weighted by Crippen LogP contribution is -2.33. The molecule has 1 amide bonds. The van der Waals surface area contributed by atoms with Crippen molar-refractivity contribution in [3.05, 3.63) is 45.1 Å². The highest BCUT2D eigenvalue weighted by molar-refractivity contribution is 5.94. The second kappa shape index (κ2) is 9.11. The van der Waals surface area contributed by atoms with Gasteiger partial charge in [-0.2, -0.15) is 4.98 Å². The number of carbonyl (C=O) groups excluding carboxylic acids is 1. The Kier molecular flexibility index (Phi) is 6.58. The first-order valence-electron chi connectivity index (χ1n) is 9.40. The number of aryl methyl sites for hydroxylation is 1. The summed E-state index contributed by atoms with van der Waals surface area (Å²) in [7, 11) is 3.18. The van der Waals surface area contributed by atoms with Crippen LogP contribution in [0.15, 0.2) is 19.8 Å². The molecule has 1 N–H and O–H groups in total. The molecule has 1 aliphatic rings.